The summed E-state index contributed by atoms with van der Waals surface area (Å²) in [6.07, 6.45) is 0. The third kappa shape index (κ3) is 3.65. The number of nitrogens with two attached hydrogens (primary N) is 1. The third-order valence-corrected chi connectivity index (χ3v) is 3.56. The Morgan fingerprint density at radius 3 is 2.20 bits per heavy atom. The van der Waals surface area contributed by atoms with E-state index in [9.17, 15) is 4.39 Å². The highest BCUT2D eigenvalue weighted by Gasteiger charge is 2.15. The number of halogens is 1. The van der Waals surface area contributed by atoms with Crippen molar-refractivity contribution < 1.29 is 4.39 Å². The van der Waals surface area contributed by atoms with Gasteiger partial charge in [0.05, 0.1) is 0 Å². The molecule has 1 atom stereocenters. The molecule has 0 saturated carbocycles. The summed E-state index contributed by atoms with van der Waals surface area (Å²) in [4.78, 5) is 2.19. The first-order valence-electron chi connectivity index (χ1n) is 6.81. The average molecular weight is 272 g/mol. The molecular weight excluding hydrogens is 251 g/mol. The van der Waals surface area contributed by atoms with Gasteiger partial charge >= 0.3 is 0 Å². The van der Waals surface area contributed by atoms with Crippen LogP contribution in [0.2, 0.25) is 0 Å². The predicted molar refractivity (Wildman–Crippen MR) is 80.8 cm³/mol. The van der Waals surface area contributed by atoms with E-state index < -0.39 is 0 Å². The molecule has 0 bridgehead atoms. The van der Waals surface area contributed by atoms with E-state index in [1.165, 1.54) is 23.3 Å². The van der Waals surface area contributed by atoms with E-state index in [1.54, 1.807) is 12.1 Å². The summed E-state index contributed by atoms with van der Waals surface area (Å²) >= 11 is 0. The van der Waals surface area contributed by atoms with Crippen molar-refractivity contribution in [2.24, 2.45) is 5.73 Å². The second kappa shape index (κ2) is 6.64. The quantitative estimate of drug-likeness (QED) is 0.905. The van der Waals surface area contributed by atoms with E-state index >= 15 is 0 Å². The summed E-state index contributed by atoms with van der Waals surface area (Å²) in [5.41, 5.74) is 9.43. The fourth-order valence-corrected chi connectivity index (χ4v) is 2.35. The second-order valence-electron chi connectivity index (χ2n) is 5.20. The largest absolute Gasteiger partial charge is 0.329 e. The van der Waals surface area contributed by atoms with Crippen LogP contribution in [0, 0.1) is 12.7 Å². The Labute approximate surface area is 120 Å². The molecule has 2 aromatic rings. The van der Waals surface area contributed by atoms with E-state index in [0.29, 0.717) is 6.54 Å². The van der Waals surface area contributed by atoms with Crippen molar-refractivity contribution in [1.29, 1.82) is 0 Å². The number of likely N-dealkylation sites (N-methyl/N-ethyl adjacent to an activating group) is 1. The third-order valence-electron chi connectivity index (χ3n) is 3.56. The molecule has 2 nitrogen and oxygen atoms in total. The first kappa shape index (κ1) is 14.7. The molecule has 106 valence electrons. The summed E-state index contributed by atoms with van der Waals surface area (Å²) in [6.45, 7) is 3.40. The molecule has 3 heteroatoms. The van der Waals surface area contributed by atoms with Gasteiger partial charge in [0.25, 0.3) is 0 Å². The summed E-state index contributed by atoms with van der Waals surface area (Å²) in [7, 11) is 2.04. The van der Waals surface area contributed by atoms with Crippen LogP contribution in [0.15, 0.2) is 48.5 Å². The lowest BCUT2D eigenvalue weighted by Crippen LogP contribution is -2.30. The molecular formula is C17H21FN2. The van der Waals surface area contributed by atoms with Crippen molar-refractivity contribution in [3.63, 3.8) is 0 Å². The minimum atomic E-state index is -0.217. The van der Waals surface area contributed by atoms with Crippen LogP contribution in [0.4, 0.5) is 4.39 Å². The standard InChI is InChI=1S/C17H21FN2/c1-13-3-5-14(6-4-13)12-20(2)17(11-19)15-7-9-16(18)10-8-15/h3-10,17H,11-12,19H2,1-2H3. The fraction of sp³-hybridized carbons (Fsp3) is 0.294. The molecule has 0 saturated heterocycles. The normalized spacial score (nSPS) is 12.7. The highest BCUT2D eigenvalue weighted by Crippen LogP contribution is 2.20. The zero-order valence-corrected chi connectivity index (χ0v) is 12.0. The Hall–Kier alpha value is -1.71. The van der Waals surface area contributed by atoms with E-state index in [1.807, 2.05) is 7.05 Å². The van der Waals surface area contributed by atoms with Crippen molar-refractivity contribution in [2.75, 3.05) is 13.6 Å². The fourth-order valence-electron chi connectivity index (χ4n) is 2.35. The average Bonchev–Trinajstić information content (AvgIpc) is 2.44. The van der Waals surface area contributed by atoms with Gasteiger partial charge in [-0.2, -0.15) is 0 Å². The molecule has 0 spiro atoms. The van der Waals surface area contributed by atoms with Gasteiger partial charge in [-0.05, 0) is 37.2 Å². The van der Waals surface area contributed by atoms with Crippen LogP contribution < -0.4 is 5.73 Å². The van der Waals surface area contributed by atoms with Crippen molar-refractivity contribution in [3.8, 4) is 0 Å². The van der Waals surface area contributed by atoms with Gasteiger partial charge in [0.15, 0.2) is 0 Å². The summed E-state index contributed by atoms with van der Waals surface area (Å²) < 4.78 is 13.0. The van der Waals surface area contributed by atoms with Crippen LogP contribution in [0.5, 0.6) is 0 Å². The van der Waals surface area contributed by atoms with Crippen molar-refractivity contribution in [3.05, 3.63) is 71.0 Å². The van der Waals surface area contributed by atoms with Crippen LogP contribution in [-0.4, -0.2) is 18.5 Å². The van der Waals surface area contributed by atoms with Crippen LogP contribution in [0.25, 0.3) is 0 Å². The number of aryl methyl sites for hydroxylation is 1. The first-order chi connectivity index (χ1) is 9.60. The summed E-state index contributed by atoms with van der Waals surface area (Å²) in [6, 6.07) is 15.1. The lowest BCUT2D eigenvalue weighted by Gasteiger charge is -2.27. The van der Waals surface area contributed by atoms with Crippen LogP contribution in [0.1, 0.15) is 22.7 Å². The van der Waals surface area contributed by atoms with Crippen LogP contribution in [-0.2, 0) is 6.54 Å². The number of nitrogens with zero attached hydrogens (tertiary/aromatic N) is 1. The molecule has 0 fully saturated rings. The molecule has 2 N–H and O–H groups in total. The lowest BCUT2D eigenvalue weighted by molar-refractivity contribution is 0.241. The van der Waals surface area contributed by atoms with Crippen molar-refractivity contribution in [2.45, 2.75) is 19.5 Å². The predicted octanol–water partition coefficient (Wildman–Crippen LogP) is 3.27. The van der Waals surface area contributed by atoms with Crippen LogP contribution in [0.3, 0.4) is 0 Å². The number of rotatable bonds is 5. The Bertz CT molecular complexity index is 534. The summed E-state index contributed by atoms with van der Waals surface area (Å²) in [5, 5.41) is 0. The van der Waals surface area contributed by atoms with Crippen molar-refractivity contribution >= 4 is 0 Å². The van der Waals surface area contributed by atoms with Gasteiger partial charge < -0.3 is 5.73 Å². The highest BCUT2D eigenvalue weighted by atomic mass is 19.1. The van der Waals surface area contributed by atoms with Gasteiger partial charge in [-0.3, -0.25) is 4.90 Å². The molecule has 2 aromatic carbocycles. The Balaban J connectivity index is 2.10. The van der Waals surface area contributed by atoms with Crippen molar-refractivity contribution in [1.82, 2.24) is 4.90 Å². The number of hydrogen-bond acceptors (Lipinski definition) is 2. The number of benzene rings is 2. The minimum Gasteiger partial charge on any atom is -0.329 e. The van der Waals surface area contributed by atoms with Gasteiger partial charge in [-0.15, -0.1) is 0 Å². The minimum absolute atomic E-state index is 0.0944. The molecule has 0 aliphatic heterocycles. The maximum atomic E-state index is 13.0. The lowest BCUT2D eigenvalue weighted by atomic mass is 10.0. The molecule has 0 aliphatic rings. The van der Waals surface area contributed by atoms with Gasteiger partial charge in [0, 0.05) is 19.1 Å². The molecule has 0 aliphatic carbocycles. The van der Waals surface area contributed by atoms with E-state index in [0.717, 1.165) is 12.1 Å². The van der Waals surface area contributed by atoms with Gasteiger partial charge in [0.2, 0.25) is 0 Å². The van der Waals surface area contributed by atoms with Gasteiger partial charge in [0.1, 0.15) is 5.82 Å². The SMILES string of the molecule is Cc1ccc(CN(C)C(CN)c2ccc(F)cc2)cc1. The Morgan fingerprint density at radius 2 is 1.65 bits per heavy atom. The molecule has 0 aromatic heterocycles. The maximum absolute atomic E-state index is 13.0. The molecule has 2 rings (SSSR count). The Morgan fingerprint density at radius 1 is 1.05 bits per heavy atom. The van der Waals surface area contributed by atoms with Gasteiger partial charge in [-0.25, -0.2) is 4.39 Å². The molecule has 0 heterocycles. The van der Waals surface area contributed by atoms with E-state index in [-0.39, 0.29) is 11.9 Å². The zero-order valence-electron chi connectivity index (χ0n) is 12.0. The van der Waals surface area contributed by atoms with E-state index in [2.05, 4.69) is 36.1 Å². The topological polar surface area (TPSA) is 29.3 Å². The molecule has 1 unspecified atom stereocenters. The Kier molecular flexibility index (Phi) is 4.88. The smallest absolute Gasteiger partial charge is 0.123 e. The zero-order chi connectivity index (χ0) is 14.5. The summed E-state index contributed by atoms with van der Waals surface area (Å²) in [5.74, 6) is -0.217. The maximum Gasteiger partial charge on any atom is 0.123 e. The second-order valence-corrected chi connectivity index (χ2v) is 5.20. The first-order valence-corrected chi connectivity index (χ1v) is 6.81. The van der Waals surface area contributed by atoms with Crippen LogP contribution >= 0.6 is 0 Å². The molecule has 0 amide bonds. The molecule has 0 radical (unpaired) electrons. The van der Waals surface area contributed by atoms with Gasteiger partial charge in [-0.1, -0.05) is 42.0 Å². The highest BCUT2D eigenvalue weighted by molar-refractivity contribution is 5.23. The number of hydrogen-bond donors (Lipinski definition) is 1. The van der Waals surface area contributed by atoms with E-state index in [4.69, 9.17) is 5.73 Å². The monoisotopic (exact) mass is 272 g/mol. The molecule has 20 heavy (non-hydrogen) atoms.